The van der Waals surface area contributed by atoms with Crippen molar-refractivity contribution in [1.82, 2.24) is 5.32 Å². The molecular weight excluding hydrogens is 306 g/mol. The number of fused-ring (bicyclic) bond motifs is 1. The molecule has 0 aromatic heterocycles. The van der Waals surface area contributed by atoms with E-state index >= 15 is 0 Å². The molecule has 0 radical (unpaired) electrons. The van der Waals surface area contributed by atoms with Crippen LogP contribution in [0.25, 0.3) is 10.8 Å². The van der Waals surface area contributed by atoms with Crippen LogP contribution in [0.2, 0.25) is 0 Å². The van der Waals surface area contributed by atoms with Crippen molar-refractivity contribution in [1.29, 1.82) is 0 Å². The van der Waals surface area contributed by atoms with Gasteiger partial charge in [0.2, 0.25) is 0 Å². The molecule has 25 heavy (non-hydrogen) atoms. The molecule has 0 spiro atoms. The van der Waals surface area contributed by atoms with Crippen LogP contribution in [0.5, 0.6) is 0 Å². The lowest BCUT2D eigenvalue weighted by Gasteiger charge is -2.27. The van der Waals surface area contributed by atoms with E-state index in [2.05, 4.69) is 44.3 Å². The van der Waals surface area contributed by atoms with Gasteiger partial charge in [-0.05, 0) is 40.3 Å². The first-order valence-electron chi connectivity index (χ1n) is 8.77. The van der Waals surface area contributed by atoms with Crippen molar-refractivity contribution >= 4 is 16.7 Å². The Bertz CT molecular complexity index is 862. The number of amides is 1. The van der Waals surface area contributed by atoms with Crippen LogP contribution in [0.4, 0.5) is 0 Å². The zero-order valence-electron chi connectivity index (χ0n) is 15.1. The van der Waals surface area contributed by atoms with Crippen LogP contribution in [-0.2, 0) is 0 Å². The van der Waals surface area contributed by atoms with E-state index in [1.54, 1.807) is 0 Å². The van der Waals surface area contributed by atoms with Crippen molar-refractivity contribution in [2.45, 2.75) is 33.2 Å². The summed E-state index contributed by atoms with van der Waals surface area (Å²) >= 11 is 0. The van der Waals surface area contributed by atoms with E-state index in [1.165, 1.54) is 0 Å². The van der Waals surface area contributed by atoms with Crippen molar-refractivity contribution in [2.24, 2.45) is 5.41 Å². The van der Waals surface area contributed by atoms with Crippen molar-refractivity contribution in [3.05, 3.63) is 83.9 Å². The summed E-state index contributed by atoms with van der Waals surface area (Å²) in [7, 11) is 0. The van der Waals surface area contributed by atoms with Gasteiger partial charge in [0.25, 0.3) is 5.91 Å². The highest BCUT2D eigenvalue weighted by molar-refractivity contribution is 5.98. The van der Waals surface area contributed by atoms with Gasteiger partial charge in [0, 0.05) is 5.56 Å². The van der Waals surface area contributed by atoms with Crippen LogP contribution in [0.1, 0.15) is 49.2 Å². The molecule has 0 saturated heterocycles. The molecule has 3 aromatic rings. The SMILES string of the molecule is CC(C)(C)C[C@@H](NC(=O)c1ccc2ccccc2c1)c1ccccc1. The average molecular weight is 331 g/mol. The van der Waals surface area contributed by atoms with Crippen LogP contribution in [0.15, 0.2) is 72.8 Å². The first kappa shape index (κ1) is 17.2. The van der Waals surface area contributed by atoms with Gasteiger partial charge in [-0.3, -0.25) is 4.79 Å². The summed E-state index contributed by atoms with van der Waals surface area (Å²) in [4.78, 5) is 12.8. The Morgan fingerprint density at radius 3 is 2.20 bits per heavy atom. The Balaban J connectivity index is 1.86. The molecule has 0 bridgehead atoms. The predicted molar refractivity (Wildman–Crippen MR) is 105 cm³/mol. The van der Waals surface area contributed by atoms with Gasteiger partial charge in [-0.25, -0.2) is 0 Å². The fourth-order valence-electron chi connectivity index (χ4n) is 3.12. The molecule has 2 nitrogen and oxygen atoms in total. The molecule has 0 saturated carbocycles. The van der Waals surface area contributed by atoms with Gasteiger partial charge in [0.1, 0.15) is 0 Å². The molecule has 0 unspecified atom stereocenters. The maximum Gasteiger partial charge on any atom is 0.251 e. The third-order valence-corrected chi connectivity index (χ3v) is 4.34. The average Bonchev–Trinajstić information content (AvgIpc) is 2.60. The Kier molecular flexibility index (Phi) is 4.89. The topological polar surface area (TPSA) is 29.1 Å². The highest BCUT2D eigenvalue weighted by Crippen LogP contribution is 2.29. The van der Waals surface area contributed by atoms with Crippen molar-refractivity contribution in [2.75, 3.05) is 0 Å². The number of benzene rings is 3. The second-order valence-corrected chi connectivity index (χ2v) is 7.76. The fourth-order valence-corrected chi connectivity index (χ4v) is 3.12. The van der Waals surface area contributed by atoms with E-state index in [0.717, 1.165) is 22.8 Å². The summed E-state index contributed by atoms with van der Waals surface area (Å²) in [6.45, 7) is 6.60. The molecule has 1 atom stereocenters. The monoisotopic (exact) mass is 331 g/mol. The van der Waals surface area contributed by atoms with Crippen LogP contribution >= 0.6 is 0 Å². The van der Waals surface area contributed by atoms with Gasteiger partial charge < -0.3 is 5.32 Å². The summed E-state index contributed by atoms with van der Waals surface area (Å²) in [5.41, 5.74) is 1.97. The minimum Gasteiger partial charge on any atom is -0.345 e. The standard InChI is InChI=1S/C23H25NO/c1-23(2,3)16-21(18-10-5-4-6-11-18)24-22(25)20-14-13-17-9-7-8-12-19(17)15-20/h4-15,21H,16H2,1-3H3,(H,24,25)/t21-/m1/s1. The largest absolute Gasteiger partial charge is 0.345 e. The van der Waals surface area contributed by atoms with E-state index in [-0.39, 0.29) is 17.4 Å². The van der Waals surface area contributed by atoms with Gasteiger partial charge in [-0.15, -0.1) is 0 Å². The highest BCUT2D eigenvalue weighted by atomic mass is 16.1. The molecule has 0 heterocycles. The molecular formula is C23H25NO. The van der Waals surface area contributed by atoms with Crippen LogP contribution in [0.3, 0.4) is 0 Å². The number of rotatable bonds is 4. The number of hydrogen-bond acceptors (Lipinski definition) is 1. The zero-order valence-corrected chi connectivity index (χ0v) is 15.1. The van der Waals surface area contributed by atoms with E-state index in [9.17, 15) is 4.79 Å². The first-order valence-corrected chi connectivity index (χ1v) is 8.77. The van der Waals surface area contributed by atoms with Crippen LogP contribution in [-0.4, -0.2) is 5.91 Å². The maximum atomic E-state index is 12.8. The van der Waals surface area contributed by atoms with E-state index in [1.807, 2.05) is 54.6 Å². The zero-order chi connectivity index (χ0) is 17.9. The van der Waals surface area contributed by atoms with Gasteiger partial charge in [0.05, 0.1) is 6.04 Å². The fraction of sp³-hybridized carbons (Fsp3) is 0.261. The lowest BCUT2D eigenvalue weighted by atomic mass is 9.85. The van der Waals surface area contributed by atoms with Crippen molar-refractivity contribution < 1.29 is 4.79 Å². The Hall–Kier alpha value is -2.61. The molecule has 0 fully saturated rings. The van der Waals surface area contributed by atoms with E-state index < -0.39 is 0 Å². The number of hydrogen-bond donors (Lipinski definition) is 1. The number of carbonyl (C=O) groups excluding carboxylic acids is 1. The summed E-state index contributed by atoms with van der Waals surface area (Å²) in [6, 6.07) is 24.2. The Labute approximate surface area is 149 Å². The quantitative estimate of drug-likeness (QED) is 0.648. The highest BCUT2D eigenvalue weighted by Gasteiger charge is 2.22. The predicted octanol–water partition coefficient (Wildman–Crippen LogP) is 5.75. The smallest absolute Gasteiger partial charge is 0.251 e. The minimum absolute atomic E-state index is 0.000158. The van der Waals surface area contributed by atoms with E-state index in [0.29, 0.717) is 5.56 Å². The normalized spacial score (nSPS) is 12.8. The third-order valence-electron chi connectivity index (χ3n) is 4.34. The molecule has 128 valence electrons. The van der Waals surface area contributed by atoms with Gasteiger partial charge in [-0.2, -0.15) is 0 Å². The molecule has 3 aromatic carbocycles. The van der Waals surface area contributed by atoms with Crippen molar-refractivity contribution in [3.8, 4) is 0 Å². The second kappa shape index (κ2) is 7.10. The third kappa shape index (κ3) is 4.48. The molecule has 0 aliphatic carbocycles. The maximum absolute atomic E-state index is 12.8. The molecule has 3 rings (SSSR count). The number of carbonyl (C=O) groups is 1. The van der Waals surface area contributed by atoms with Gasteiger partial charge in [0.15, 0.2) is 0 Å². The summed E-state index contributed by atoms with van der Waals surface area (Å²) in [6.07, 6.45) is 0.885. The Morgan fingerprint density at radius 2 is 1.52 bits per heavy atom. The first-order chi connectivity index (χ1) is 11.9. The molecule has 0 aliphatic heterocycles. The minimum atomic E-state index is -0.0242. The van der Waals surface area contributed by atoms with E-state index in [4.69, 9.17) is 0 Å². The lowest BCUT2D eigenvalue weighted by Crippen LogP contribution is -2.31. The Morgan fingerprint density at radius 1 is 0.880 bits per heavy atom. The second-order valence-electron chi connectivity index (χ2n) is 7.76. The molecule has 1 amide bonds. The molecule has 0 aliphatic rings. The summed E-state index contributed by atoms with van der Waals surface area (Å²) in [5.74, 6) is -0.0242. The van der Waals surface area contributed by atoms with Gasteiger partial charge >= 0.3 is 0 Å². The summed E-state index contributed by atoms with van der Waals surface area (Å²) in [5, 5.41) is 5.46. The van der Waals surface area contributed by atoms with Gasteiger partial charge in [-0.1, -0.05) is 81.4 Å². The lowest BCUT2D eigenvalue weighted by molar-refractivity contribution is 0.0926. The molecule has 1 N–H and O–H groups in total. The molecule has 2 heteroatoms. The van der Waals surface area contributed by atoms with Crippen LogP contribution in [0, 0.1) is 5.41 Å². The van der Waals surface area contributed by atoms with Crippen LogP contribution < -0.4 is 5.32 Å². The number of nitrogens with one attached hydrogen (secondary N) is 1. The van der Waals surface area contributed by atoms with Crippen molar-refractivity contribution in [3.63, 3.8) is 0 Å². The summed E-state index contributed by atoms with van der Waals surface area (Å²) < 4.78 is 0.